The number of carbonyl (C=O) groups excluding carboxylic acids is 2. The lowest BCUT2D eigenvalue weighted by atomic mass is 9.50. The molecule has 222 valence electrons. The van der Waals surface area contributed by atoms with Crippen LogP contribution in [0.1, 0.15) is 91.2 Å². The quantitative estimate of drug-likeness (QED) is 0.106. The Bertz CT molecular complexity index is 1200. The number of phenols is 1. The normalized spacial score (nSPS) is 19.6. The van der Waals surface area contributed by atoms with E-state index >= 15 is 0 Å². The zero-order chi connectivity index (χ0) is 31.1. The monoisotopic (exact) mass is 583 g/mol. The minimum absolute atomic E-state index is 0.00260. The molecule has 8 nitrogen and oxygen atoms in total. The number of rotatable bonds is 14. The number of hydrogen-bond donors (Lipinski definition) is 2. The molecule has 2 rings (SSSR count). The number of aromatic hydroxyl groups is 1. The molecule has 0 spiro atoms. The van der Waals surface area contributed by atoms with Gasteiger partial charge in [0, 0.05) is 11.5 Å². The van der Waals surface area contributed by atoms with Crippen molar-refractivity contribution in [1.29, 1.82) is 0 Å². The zero-order valence-electron chi connectivity index (χ0n) is 25.5. The second-order valence-electron chi connectivity index (χ2n) is 11.4. The third kappa shape index (κ3) is 9.54. The summed E-state index contributed by atoms with van der Waals surface area (Å²) in [6.45, 7) is 16.3. The highest BCUT2D eigenvalue weighted by atomic mass is 31.2. The lowest BCUT2D eigenvalue weighted by Gasteiger charge is -2.33. The molecule has 2 N–H and O–H groups in total. The number of allylic oxidation sites excluding steroid dienone is 3. The van der Waals surface area contributed by atoms with Gasteiger partial charge in [0.1, 0.15) is 17.5 Å². The van der Waals surface area contributed by atoms with Crippen LogP contribution in [-0.2, 0) is 25.3 Å². The molecule has 0 heterocycles. The Morgan fingerprint density at radius 2 is 1.90 bits per heavy atom. The van der Waals surface area contributed by atoms with Crippen LogP contribution in [0.5, 0.6) is 11.5 Å². The number of benzene rings is 1. The van der Waals surface area contributed by atoms with E-state index in [4.69, 9.17) is 29.7 Å². The Morgan fingerprint density at radius 1 is 1.24 bits per heavy atom. The number of ether oxygens (including phenoxy) is 2. The molecule has 4 unspecified atom stereocenters. The summed E-state index contributed by atoms with van der Waals surface area (Å²) in [5, 5.41) is 12.9. The summed E-state index contributed by atoms with van der Waals surface area (Å²) in [6.07, 6.45) is 4.71. The number of esters is 1. The maximum absolute atomic E-state index is 14.2. The minimum Gasteiger partial charge on any atom is -0.507 e. The van der Waals surface area contributed by atoms with Crippen molar-refractivity contribution < 1.29 is 33.3 Å². The zero-order valence-corrected chi connectivity index (χ0v) is 26.4. The molecule has 4 atom stereocenters. The number of nitrogens with one attached hydrogen (secondary N) is 1. The molecule has 1 aromatic rings. The van der Waals surface area contributed by atoms with Crippen LogP contribution < -0.4 is 9.61 Å². The fraction of sp³-hybridized carbons (Fsp3) is 0.600. The standard InChI is InChI=1S/C30H44B2NO7P/c1-9-13-30(31,32)17-22-15-25(34)27(24-14-20(7)11-12-23(24)18(3)4)26(16-22)40-41(37,29(36)38-10-2)33-21(8)28(35)39-19(5)6/h14-16,19,21,23-24,34H,3,9-13,17H2,1-2,4-8H3,(H,33,37). The highest BCUT2D eigenvalue weighted by Gasteiger charge is 2.42. The van der Waals surface area contributed by atoms with Crippen molar-refractivity contribution in [3.05, 3.63) is 47.1 Å². The van der Waals surface area contributed by atoms with Crippen LogP contribution in [0, 0.1) is 5.92 Å². The molecule has 1 aliphatic carbocycles. The lowest BCUT2D eigenvalue weighted by molar-refractivity contribution is -0.149. The third-order valence-corrected chi connectivity index (χ3v) is 8.74. The van der Waals surface area contributed by atoms with Gasteiger partial charge in [-0.3, -0.25) is 4.79 Å². The van der Waals surface area contributed by atoms with Crippen molar-refractivity contribution in [2.75, 3.05) is 6.61 Å². The summed E-state index contributed by atoms with van der Waals surface area (Å²) < 4.78 is 30.6. The summed E-state index contributed by atoms with van der Waals surface area (Å²) in [5.41, 5.74) is 1.75. The molecule has 0 aromatic heterocycles. The van der Waals surface area contributed by atoms with Crippen LogP contribution in [0.25, 0.3) is 0 Å². The van der Waals surface area contributed by atoms with Crippen molar-refractivity contribution >= 4 is 34.9 Å². The Balaban J connectivity index is 2.73. The predicted molar refractivity (Wildman–Crippen MR) is 164 cm³/mol. The van der Waals surface area contributed by atoms with Gasteiger partial charge < -0.3 is 19.1 Å². The van der Waals surface area contributed by atoms with E-state index in [1.807, 2.05) is 26.8 Å². The van der Waals surface area contributed by atoms with Gasteiger partial charge in [-0.05, 0) is 84.4 Å². The summed E-state index contributed by atoms with van der Waals surface area (Å²) >= 11 is 0. The molecule has 1 aliphatic rings. The molecular weight excluding hydrogens is 539 g/mol. The topological polar surface area (TPSA) is 111 Å². The Labute approximate surface area is 248 Å². The Hall–Kier alpha value is -2.44. The van der Waals surface area contributed by atoms with Crippen molar-refractivity contribution in [3.8, 4) is 11.5 Å². The molecule has 0 aliphatic heterocycles. The van der Waals surface area contributed by atoms with E-state index < -0.39 is 36.6 Å². The maximum atomic E-state index is 14.2. The Morgan fingerprint density at radius 3 is 2.46 bits per heavy atom. The first kappa shape index (κ1) is 34.8. The molecule has 11 heteroatoms. The molecule has 0 amide bonds. The van der Waals surface area contributed by atoms with Crippen LogP contribution in [0.3, 0.4) is 0 Å². The van der Waals surface area contributed by atoms with Gasteiger partial charge in [0.15, 0.2) is 0 Å². The average Bonchev–Trinajstić information content (AvgIpc) is 2.82. The van der Waals surface area contributed by atoms with Crippen LogP contribution >= 0.6 is 7.52 Å². The molecule has 0 saturated carbocycles. The number of carbonyl (C=O) groups is 2. The molecule has 0 bridgehead atoms. The van der Waals surface area contributed by atoms with Crippen LogP contribution in [0.15, 0.2) is 35.9 Å². The van der Waals surface area contributed by atoms with E-state index in [1.165, 1.54) is 6.92 Å². The van der Waals surface area contributed by atoms with E-state index in [9.17, 15) is 19.3 Å². The SMILES string of the molecule is [B]C([B])(CCC)Cc1cc(O)c(C2C=C(C)CCC2C(=C)C)c(OP(=O)(NC(C)C(=O)OC(C)C)C(=O)OCC)c1. The van der Waals surface area contributed by atoms with Crippen LogP contribution in [0.2, 0.25) is 5.21 Å². The largest absolute Gasteiger partial charge is 0.507 e. The molecule has 4 radical (unpaired) electrons. The first-order valence-corrected chi connectivity index (χ1v) is 15.9. The van der Waals surface area contributed by atoms with Gasteiger partial charge in [0.05, 0.1) is 28.4 Å². The van der Waals surface area contributed by atoms with E-state index in [0.717, 1.165) is 30.4 Å². The van der Waals surface area contributed by atoms with Gasteiger partial charge in [-0.2, -0.15) is 0 Å². The van der Waals surface area contributed by atoms with Gasteiger partial charge in [0.25, 0.3) is 0 Å². The highest BCUT2D eigenvalue weighted by molar-refractivity contribution is 7.74. The van der Waals surface area contributed by atoms with Crippen molar-refractivity contribution in [2.24, 2.45) is 5.92 Å². The minimum atomic E-state index is -4.57. The molecule has 41 heavy (non-hydrogen) atoms. The Kier molecular flexibility index (Phi) is 12.4. The summed E-state index contributed by atoms with van der Waals surface area (Å²) in [5.74, 6) is -1.25. The second kappa shape index (κ2) is 14.6. The van der Waals surface area contributed by atoms with Crippen molar-refractivity contribution in [3.63, 3.8) is 0 Å². The molecule has 1 aromatic carbocycles. The smallest absolute Gasteiger partial charge is 0.424 e. The van der Waals surface area contributed by atoms with Gasteiger partial charge >= 0.3 is 19.2 Å². The van der Waals surface area contributed by atoms with Gasteiger partial charge in [0.2, 0.25) is 0 Å². The van der Waals surface area contributed by atoms with E-state index in [0.29, 0.717) is 17.5 Å². The fourth-order valence-electron chi connectivity index (χ4n) is 5.13. The highest BCUT2D eigenvalue weighted by Crippen LogP contribution is 2.53. The lowest BCUT2D eigenvalue weighted by Crippen LogP contribution is -2.37. The van der Waals surface area contributed by atoms with Gasteiger partial charge in [-0.25, -0.2) is 14.4 Å². The molecular formula is C30H44B2NO7P. The van der Waals surface area contributed by atoms with Gasteiger partial charge in [-0.1, -0.05) is 48.8 Å². The van der Waals surface area contributed by atoms with Gasteiger partial charge in [-0.15, -0.1) is 0 Å². The van der Waals surface area contributed by atoms with E-state index in [2.05, 4.69) is 11.7 Å². The van der Waals surface area contributed by atoms with Crippen molar-refractivity contribution in [2.45, 2.75) is 104 Å². The van der Waals surface area contributed by atoms with Crippen LogP contribution in [-0.4, -0.2) is 51.2 Å². The first-order valence-electron chi connectivity index (χ1n) is 14.2. The number of phenolic OH excluding ortho intramolecular Hbond substituents is 1. The molecule has 0 saturated heterocycles. The molecule has 0 fully saturated rings. The first-order chi connectivity index (χ1) is 19.0. The van der Waals surface area contributed by atoms with E-state index in [1.54, 1.807) is 32.9 Å². The number of hydrogen-bond acceptors (Lipinski definition) is 7. The predicted octanol–water partition coefficient (Wildman–Crippen LogP) is 6.86. The summed E-state index contributed by atoms with van der Waals surface area (Å²) in [4.78, 5) is 25.7. The summed E-state index contributed by atoms with van der Waals surface area (Å²) in [7, 11) is 8.06. The fourth-order valence-corrected chi connectivity index (χ4v) is 6.70. The van der Waals surface area contributed by atoms with E-state index in [-0.39, 0.29) is 36.4 Å². The second-order valence-corrected chi connectivity index (χ2v) is 13.3. The van der Waals surface area contributed by atoms with Crippen molar-refractivity contribution in [1.82, 2.24) is 5.09 Å². The average molecular weight is 583 g/mol. The third-order valence-electron chi connectivity index (χ3n) is 6.95. The van der Waals surface area contributed by atoms with Crippen LogP contribution in [0.4, 0.5) is 4.79 Å². The summed E-state index contributed by atoms with van der Waals surface area (Å²) in [6, 6.07) is 2.00. The maximum Gasteiger partial charge on any atom is 0.424 e.